The Balaban J connectivity index is 0.00000280. The molecule has 0 aromatic carbocycles. The first-order valence-electron chi connectivity index (χ1n) is 10.1. The van der Waals surface area contributed by atoms with Gasteiger partial charge in [0.1, 0.15) is 6.04 Å². The second-order valence-corrected chi connectivity index (χ2v) is 8.58. The lowest BCUT2D eigenvalue weighted by atomic mass is 9.55. The molecule has 3 rings (SSSR count). The molecule has 0 radical (unpaired) electrons. The molecular formula is C19H34F3IN4O. The van der Waals surface area contributed by atoms with Crippen molar-refractivity contribution in [2.75, 3.05) is 39.3 Å². The average molecular weight is 518 g/mol. The fraction of sp³-hybridized carbons (Fsp3) is 0.947. The Kier molecular flexibility index (Phi) is 7.92. The zero-order valence-electron chi connectivity index (χ0n) is 17.3. The Morgan fingerprint density at radius 3 is 2.46 bits per heavy atom. The predicted octanol–water partition coefficient (Wildman–Crippen LogP) is 3.34. The molecule has 28 heavy (non-hydrogen) atoms. The summed E-state index contributed by atoms with van der Waals surface area (Å²) < 4.78 is 44.9. The standard InChI is InChI=1S/C19H33F3N4O.HI/c1-5-23-17(24-15-14-7-6-12-27-16(14)18(15,3)4)26-10-8-25(9-11-26)13(2)19(20,21)22;/h13-16H,5-12H2,1-4H3,(H,23,24);1H. The topological polar surface area (TPSA) is 40.1 Å². The quantitative estimate of drug-likeness (QED) is 0.354. The third-order valence-corrected chi connectivity index (χ3v) is 6.56. The molecule has 9 heteroatoms. The molecule has 2 aliphatic heterocycles. The van der Waals surface area contributed by atoms with Gasteiger partial charge >= 0.3 is 6.18 Å². The van der Waals surface area contributed by atoms with Crippen molar-refractivity contribution in [3.63, 3.8) is 0 Å². The van der Waals surface area contributed by atoms with Crippen LogP contribution in [0.5, 0.6) is 0 Å². The number of halogens is 4. The summed E-state index contributed by atoms with van der Waals surface area (Å²) in [6, 6.07) is -1.11. The van der Waals surface area contributed by atoms with Crippen molar-refractivity contribution in [1.29, 1.82) is 0 Å². The Bertz CT molecular complexity index is 550. The van der Waals surface area contributed by atoms with Gasteiger partial charge in [0.15, 0.2) is 5.96 Å². The largest absolute Gasteiger partial charge is 0.403 e. The summed E-state index contributed by atoms with van der Waals surface area (Å²) in [5.74, 6) is 1.32. The van der Waals surface area contributed by atoms with E-state index in [0.29, 0.717) is 44.7 Å². The van der Waals surface area contributed by atoms with Crippen molar-refractivity contribution >= 4 is 29.9 Å². The highest BCUT2D eigenvalue weighted by molar-refractivity contribution is 14.0. The van der Waals surface area contributed by atoms with E-state index in [1.807, 2.05) is 6.92 Å². The fourth-order valence-corrected chi connectivity index (χ4v) is 4.87. The molecule has 164 valence electrons. The van der Waals surface area contributed by atoms with E-state index in [4.69, 9.17) is 4.74 Å². The number of nitrogens with one attached hydrogen (secondary N) is 1. The van der Waals surface area contributed by atoms with Gasteiger partial charge in [-0.1, -0.05) is 13.8 Å². The monoisotopic (exact) mass is 518 g/mol. The number of guanidine groups is 1. The summed E-state index contributed by atoms with van der Waals surface area (Å²) in [6.07, 6.45) is -1.64. The van der Waals surface area contributed by atoms with Gasteiger partial charge in [-0.2, -0.15) is 13.2 Å². The maximum absolute atomic E-state index is 13.0. The van der Waals surface area contributed by atoms with Crippen LogP contribution in [0, 0.1) is 11.3 Å². The molecule has 1 N–H and O–H groups in total. The van der Waals surface area contributed by atoms with Crippen LogP contribution in [0.25, 0.3) is 0 Å². The lowest BCUT2D eigenvalue weighted by Gasteiger charge is -2.60. The molecule has 4 unspecified atom stereocenters. The lowest BCUT2D eigenvalue weighted by molar-refractivity contribution is -0.189. The first-order chi connectivity index (χ1) is 12.7. The summed E-state index contributed by atoms with van der Waals surface area (Å²) in [5, 5.41) is 3.64. The van der Waals surface area contributed by atoms with E-state index in [2.05, 4.69) is 29.1 Å². The maximum atomic E-state index is 13.0. The number of hydrogen-bond donors (Lipinski definition) is 1. The van der Waals surface area contributed by atoms with Crippen LogP contribution < -0.4 is 5.32 Å². The number of hydrogen-bond acceptors (Lipinski definition) is 3. The predicted molar refractivity (Wildman–Crippen MR) is 115 cm³/mol. The molecule has 5 nitrogen and oxygen atoms in total. The summed E-state index contributed by atoms with van der Waals surface area (Å²) in [7, 11) is 0. The Morgan fingerprint density at radius 2 is 1.89 bits per heavy atom. The van der Waals surface area contributed by atoms with E-state index >= 15 is 0 Å². The van der Waals surface area contributed by atoms with Gasteiger partial charge in [0, 0.05) is 56.7 Å². The number of piperazine rings is 1. The highest BCUT2D eigenvalue weighted by Gasteiger charge is 2.58. The van der Waals surface area contributed by atoms with Crippen molar-refractivity contribution in [3.8, 4) is 0 Å². The number of fused-ring (bicyclic) bond motifs is 1. The fourth-order valence-electron chi connectivity index (χ4n) is 4.87. The third kappa shape index (κ3) is 4.71. The van der Waals surface area contributed by atoms with Crippen LogP contribution >= 0.6 is 24.0 Å². The number of alkyl halides is 3. The first kappa shape index (κ1) is 24.0. The highest BCUT2D eigenvalue weighted by Crippen LogP contribution is 2.51. The van der Waals surface area contributed by atoms with Crippen LogP contribution in [-0.2, 0) is 4.74 Å². The summed E-state index contributed by atoms with van der Waals surface area (Å²) in [5.41, 5.74) is 0.0339. The van der Waals surface area contributed by atoms with Gasteiger partial charge in [-0.05, 0) is 26.7 Å². The summed E-state index contributed by atoms with van der Waals surface area (Å²) in [4.78, 5) is 8.26. The van der Waals surface area contributed by atoms with Crippen molar-refractivity contribution in [2.24, 2.45) is 16.3 Å². The third-order valence-electron chi connectivity index (χ3n) is 6.56. The summed E-state index contributed by atoms with van der Waals surface area (Å²) >= 11 is 0. The molecule has 1 saturated carbocycles. The van der Waals surface area contributed by atoms with Crippen LogP contribution in [0.2, 0.25) is 0 Å². The van der Waals surface area contributed by atoms with Crippen molar-refractivity contribution in [2.45, 2.75) is 64.9 Å². The van der Waals surface area contributed by atoms with Gasteiger partial charge in [0.05, 0.1) is 6.10 Å². The van der Waals surface area contributed by atoms with Gasteiger partial charge in [0.25, 0.3) is 0 Å². The minimum Gasteiger partial charge on any atom is -0.377 e. The zero-order valence-corrected chi connectivity index (χ0v) is 19.6. The molecule has 0 amide bonds. The molecule has 0 spiro atoms. The van der Waals surface area contributed by atoms with Crippen LogP contribution in [0.4, 0.5) is 13.2 Å². The normalized spacial score (nSPS) is 32.0. The van der Waals surface area contributed by atoms with Crippen LogP contribution in [-0.4, -0.2) is 79.5 Å². The van der Waals surface area contributed by atoms with E-state index < -0.39 is 12.2 Å². The van der Waals surface area contributed by atoms with E-state index in [9.17, 15) is 13.2 Å². The minimum atomic E-state index is -4.17. The molecule has 4 atom stereocenters. The number of nitrogens with zero attached hydrogens (tertiary/aromatic N) is 3. The SMILES string of the molecule is CCN=C(NC1C2CCCOC2C1(C)C)N1CCN(C(C)C(F)(F)F)CC1.I. The van der Waals surface area contributed by atoms with Gasteiger partial charge in [0.2, 0.25) is 0 Å². The van der Waals surface area contributed by atoms with Crippen LogP contribution in [0.3, 0.4) is 0 Å². The Hall–Kier alpha value is -0.290. The number of ether oxygens (including phenoxy) is 1. The smallest absolute Gasteiger partial charge is 0.377 e. The molecular weight excluding hydrogens is 484 g/mol. The van der Waals surface area contributed by atoms with E-state index in [0.717, 1.165) is 25.4 Å². The van der Waals surface area contributed by atoms with Gasteiger partial charge < -0.3 is 15.0 Å². The number of aliphatic imine (C=N–C) groups is 1. The van der Waals surface area contributed by atoms with Gasteiger partial charge in [-0.15, -0.1) is 24.0 Å². The molecule has 2 saturated heterocycles. The highest BCUT2D eigenvalue weighted by atomic mass is 127. The molecule has 3 fully saturated rings. The second kappa shape index (κ2) is 9.24. The Morgan fingerprint density at radius 1 is 1.25 bits per heavy atom. The number of rotatable bonds is 3. The maximum Gasteiger partial charge on any atom is 0.403 e. The zero-order chi connectivity index (χ0) is 19.8. The van der Waals surface area contributed by atoms with Crippen LogP contribution in [0.1, 0.15) is 40.5 Å². The second-order valence-electron chi connectivity index (χ2n) is 8.58. The molecule has 0 bridgehead atoms. The minimum absolute atomic E-state index is 0. The molecule has 3 aliphatic rings. The van der Waals surface area contributed by atoms with Crippen molar-refractivity contribution in [1.82, 2.24) is 15.1 Å². The molecule has 1 aliphatic carbocycles. The van der Waals surface area contributed by atoms with Crippen LogP contribution in [0.15, 0.2) is 4.99 Å². The van der Waals surface area contributed by atoms with E-state index in [1.54, 1.807) is 0 Å². The van der Waals surface area contributed by atoms with E-state index in [-0.39, 0.29) is 35.5 Å². The molecule has 0 aromatic heterocycles. The molecule has 2 heterocycles. The average Bonchev–Trinajstić information content (AvgIpc) is 2.64. The van der Waals surface area contributed by atoms with Crippen molar-refractivity contribution in [3.05, 3.63) is 0 Å². The van der Waals surface area contributed by atoms with E-state index in [1.165, 1.54) is 11.8 Å². The van der Waals surface area contributed by atoms with Crippen molar-refractivity contribution < 1.29 is 17.9 Å². The molecule has 0 aromatic rings. The van der Waals surface area contributed by atoms with Gasteiger partial charge in [-0.25, -0.2) is 0 Å². The lowest BCUT2D eigenvalue weighted by Crippen LogP contribution is -2.71. The Labute approximate surface area is 183 Å². The van der Waals surface area contributed by atoms with Gasteiger partial charge in [-0.3, -0.25) is 9.89 Å². The summed E-state index contributed by atoms with van der Waals surface area (Å²) in [6.45, 7) is 11.1. The first-order valence-corrected chi connectivity index (χ1v) is 10.1.